The number of hydrogen-bond donors (Lipinski definition) is 1. The molecule has 8 nitrogen and oxygen atoms in total. The molecule has 0 spiro atoms. The minimum atomic E-state index is -0.907. The van der Waals surface area contributed by atoms with Gasteiger partial charge in [0.2, 0.25) is 17.6 Å². The average molecular weight is 1810 g/mol. The second-order valence-corrected chi connectivity index (χ2v) is 6.65. The standard InChI is InChI=1S/C21H15FN6O2.36K/c1-12-10-14(22)18(28(29)30)11-16(12)26-21-24-9-8-15(25-21)19-13-6-4-5-7-17(13)27(3)20(19)23-2;;;;;;;;;;;;;;;;;;;;;;;;;;;;;;;;;;;;/h4-11H,1,3H3,(H,24,25,26);;;;;;;;;;;;;;;;;;;;;;;;;;;;;;;;;;;;. The molecular weight excluding hydrogens is 1790 g/mol. The summed E-state index contributed by atoms with van der Waals surface area (Å²) in [7, 11) is 1.82. The van der Waals surface area contributed by atoms with E-state index in [1.54, 1.807) is 17.6 Å². The molecule has 0 unspecified atom stereocenters. The summed E-state index contributed by atoms with van der Waals surface area (Å²) in [5, 5.41) is 14.8. The molecule has 0 atom stereocenters. The molecule has 0 amide bonds. The summed E-state index contributed by atoms with van der Waals surface area (Å²) in [6, 6.07) is 11.5. The fourth-order valence-electron chi connectivity index (χ4n) is 3.38. The van der Waals surface area contributed by atoms with E-state index in [1.807, 2.05) is 31.3 Å². The van der Waals surface area contributed by atoms with Crippen LogP contribution in [0.5, 0.6) is 0 Å². The predicted molar refractivity (Wildman–Crippen MR) is 318 cm³/mol. The Morgan fingerprint density at radius 3 is 1.29 bits per heavy atom. The molecule has 184 valence electrons. The van der Waals surface area contributed by atoms with E-state index in [-0.39, 0.29) is 5.95 Å². The van der Waals surface area contributed by atoms with E-state index < -0.39 is 16.4 Å². The van der Waals surface area contributed by atoms with Crippen LogP contribution < -0.4 is 5.32 Å². The van der Waals surface area contributed by atoms with Crippen molar-refractivity contribution in [3.05, 3.63) is 81.6 Å². The molecule has 1 N–H and O–H groups in total. The third kappa shape index (κ3) is 111. The Morgan fingerprint density at radius 1 is 0.606 bits per heavy atom. The number of halogens is 1. The maximum absolute atomic E-state index is 13.8. The first-order valence-electron chi connectivity index (χ1n) is 26.9. The van der Waals surface area contributed by atoms with Crippen molar-refractivity contribution in [3.8, 4) is 11.3 Å². The zero-order valence-electron chi connectivity index (χ0n) is 52.0. The molecule has 0 radical (unpaired) electrons. The zero-order chi connectivity index (χ0) is 57.4. The molecule has 0 fully saturated rings. The molecule has 0 aliphatic rings. The third-order valence-corrected chi connectivity index (χ3v) is 4.83. The molecule has 2 heterocycles. The van der Waals surface area contributed by atoms with Gasteiger partial charge in [0.05, 0.1) is 23.4 Å². The number of nitro benzene ring substituents is 1. The summed E-state index contributed by atoms with van der Waals surface area (Å²) in [6.45, 7) is 9.22. The number of hydrogen-bond acceptors (Lipinski definition) is 5. The van der Waals surface area contributed by atoms with Crippen molar-refractivity contribution in [2.24, 2.45) is 7.05 Å². The summed E-state index contributed by atoms with van der Waals surface area (Å²) >= 11 is 45.0. The number of nitrogens with one attached hydrogen (secondary N) is 1. The van der Waals surface area contributed by atoms with Gasteiger partial charge < -0.3 is 10.2 Å². The molecule has 0 saturated heterocycles. The van der Waals surface area contributed by atoms with Crippen molar-refractivity contribution >= 4 is 1170 Å². The summed E-state index contributed by atoms with van der Waals surface area (Å²) in [5.41, 5.74) is 2.27. The average Bonchev–Trinajstić information content (AvgIpc) is 3.75. The molecule has 66 heavy (non-hydrogen) atoms. The van der Waals surface area contributed by atoms with Crippen LogP contribution in [-0.2, 0) is 7.05 Å². The second kappa shape index (κ2) is 160. The predicted octanol–water partition coefficient (Wildman–Crippen LogP) is -8.42. The number of nitro groups is 1. The van der Waals surface area contributed by atoms with Crippen molar-refractivity contribution in [1.82, 2.24) is 14.5 Å². The fraction of sp³-hybridized carbons (Fsp3) is 0.0952. The minimum absolute atomic E-state index is 0.181. The van der Waals surface area contributed by atoms with Crippen LogP contribution in [0.1, 0.15) is 5.56 Å². The van der Waals surface area contributed by atoms with Crippen LogP contribution in [0.4, 0.5) is 27.5 Å². The van der Waals surface area contributed by atoms with Crippen LogP contribution in [0.15, 0.2) is 48.7 Å². The Labute approximate surface area is 1220 Å². The van der Waals surface area contributed by atoms with Gasteiger partial charge >= 0.3 is 1140 Å². The van der Waals surface area contributed by atoms with E-state index in [4.69, 9.17) is 6.57 Å². The number of para-hydroxylation sites is 1. The van der Waals surface area contributed by atoms with Gasteiger partial charge in [-0.15, -0.1) is 0 Å². The summed E-state index contributed by atoms with van der Waals surface area (Å²) in [5.74, 6) is -0.287. The van der Waals surface area contributed by atoms with Crippen LogP contribution in [-0.4, -0.2) is 1160 Å². The fourth-order valence-corrected chi connectivity index (χ4v) is 3.38. The number of nitrogens with zero attached hydrogens (tertiary/aromatic N) is 5. The van der Waals surface area contributed by atoms with Gasteiger partial charge in [-0.2, -0.15) is 4.39 Å². The Balaban J connectivity index is -0.0000000470. The Morgan fingerprint density at radius 2 is 0.955 bits per heavy atom. The molecule has 2 aromatic heterocycles. The molecule has 2 aromatic carbocycles. The van der Waals surface area contributed by atoms with Gasteiger partial charge in [0.25, 0.3) is 0 Å². The first kappa shape index (κ1) is 155. The van der Waals surface area contributed by atoms with Crippen LogP contribution in [0.3, 0.4) is 0 Å². The maximum atomic E-state index is 13.8. The van der Waals surface area contributed by atoms with Gasteiger partial charge in [-0.1, -0.05) is 24.8 Å². The van der Waals surface area contributed by atoms with Gasteiger partial charge in [-0.3, -0.25) is 14.7 Å². The first-order chi connectivity index (χ1) is 32.4. The number of benzene rings is 2. The van der Waals surface area contributed by atoms with Crippen LogP contribution >= 0.6 is 0 Å². The van der Waals surface area contributed by atoms with Gasteiger partial charge in [-0.25, -0.2) is 9.97 Å². The third-order valence-electron chi connectivity index (χ3n) is 4.83. The molecule has 4 aromatic rings. The molecule has 4 rings (SSSR count). The molecule has 0 aliphatic heterocycles. The molecule has 0 saturated carbocycles. The van der Waals surface area contributed by atoms with Crippen molar-refractivity contribution in [2.45, 2.75) is 6.92 Å². The van der Waals surface area contributed by atoms with E-state index in [0.29, 0.717) is 28.3 Å². The number of anilines is 2. The first-order valence-corrected chi connectivity index (χ1v) is 315. The molecule has 45 heteroatoms. The quantitative estimate of drug-likeness (QED) is 0.0952. The van der Waals surface area contributed by atoms with Crippen molar-refractivity contribution in [1.29, 1.82) is 0 Å². The monoisotopic (exact) mass is 1800 g/mol. The van der Waals surface area contributed by atoms with Gasteiger partial charge in [-0.05, 0) is 30.7 Å². The van der Waals surface area contributed by atoms with Crippen molar-refractivity contribution in [2.75, 3.05) is 5.32 Å². The Bertz CT molecular complexity index is 1420. The topological polar surface area (TPSA) is 90.2 Å². The Hall–Kier alpha value is 54.6. The van der Waals surface area contributed by atoms with Crippen LogP contribution in [0.2, 0.25) is 0 Å². The van der Waals surface area contributed by atoms with Crippen molar-refractivity contribution in [3.63, 3.8) is 0 Å². The molecular formula is C21H15FK36N6O2. The number of aromatic nitrogens is 3. The van der Waals surface area contributed by atoms with Crippen LogP contribution in [0, 0.1) is 29.4 Å². The second-order valence-electron chi connectivity index (χ2n) is 6.65. The van der Waals surface area contributed by atoms with E-state index in [2.05, 4.69) is 20.1 Å². The van der Waals surface area contributed by atoms with E-state index in [9.17, 15) is 14.5 Å². The number of aryl methyl sites for hydroxylation is 2. The van der Waals surface area contributed by atoms with Crippen molar-refractivity contribution < 1.29 is 9.31 Å². The normalized spacial score (nSPS) is 7.06. The SMILES string of the molecule is [C-]#[N+]c1c(-c2ccnc(Nc3cc([N+](=O)[O-])c(F)cc3C)n2)c2ccccc2n1C.[K][K].[K][K].[K][K].[K][K].[K][K].[K][K].[K][K].[K][K].[K][K].[K][K].[K][K].[K][K].[K][K].[K][K].[K][K].[K][K].[K][K].[K][K]. The summed E-state index contributed by atoms with van der Waals surface area (Å²) in [6.07, 6.45) is 1.54. The number of fused-ring (bicyclic) bond motifs is 1. The summed E-state index contributed by atoms with van der Waals surface area (Å²) < 4.78 is 15.6. The number of rotatable bonds is 4. The zero-order valence-corrected chi connectivity index (χ0v) is 164. The summed E-state index contributed by atoms with van der Waals surface area (Å²) in [4.78, 5) is 22.6. The van der Waals surface area contributed by atoms with Gasteiger partial charge in [0.1, 0.15) is 5.52 Å². The van der Waals surface area contributed by atoms with E-state index in [0.717, 1.165) is 23.0 Å². The molecule has 0 bridgehead atoms. The van der Waals surface area contributed by atoms with E-state index in [1.165, 1.54) is 1140 Å². The van der Waals surface area contributed by atoms with Gasteiger partial charge in [0, 0.05) is 23.2 Å². The van der Waals surface area contributed by atoms with E-state index >= 15 is 0 Å². The van der Waals surface area contributed by atoms with Gasteiger partial charge in [0.15, 0.2) is 0 Å². The van der Waals surface area contributed by atoms with Crippen LogP contribution in [0.25, 0.3) is 27.0 Å². The molecule has 0 aliphatic carbocycles. The Kier molecular flexibility index (Phi) is 375.